The van der Waals surface area contributed by atoms with Crippen molar-refractivity contribution < 1.29 is 17.9 Å². The molecule has 140 valence electrons. The zero-order valence-electron chi connectivity index (χ0n) is 15.1. The minimum atomic E-state index is -1.50. The van der Waals surface area contributed by atoms with Crippen LogP contribution in [0.4, 0.5) is 13.2 Å². The van der Waals surface area contributed by atoms with Gasteiger partial charge in [-0.05, 0) is 60.8 Å². The van der Waals surface area contributed by atoms with E-state index in [-0.39, 0.29) is 12.4 Å². The average molecular weight is 362 g/mol. The third-order valence-electron chi connectivity index (χ3n) is 5.39. The normalized spacial score (nSPS) is 20.2. The Hall–Kier alpha value is -1.97. The van der Waals surface area contributed by atoms with Crippen molar-refractivity contribution in [2.45, 2.75) is 58.0 Å². The summed E-state index contributed by atoms with van der Waals surface area (Å²) in [6.07, 6.45) is 7.69. The molecule has 2 aromatic carbocycles. The van der Waals surface area contributed by atoms with Gasteiger partial charge in [-0.1, -0.05) is 44.0 Å². The molecular weight excluding hydrogens is 337 g/mol. The van der Waals surface area contributed by atoms with Gasteiger partial charge in [-0.15, -0.1) is 0 Å². The van der Waals surface area contributed by atoms with Crippen LogP contribution in [0.2, 0.25) is 0 Å². The van der Waals surface area contributed by atoms with Crippen LogP contribution in [0, 0.1) is 23.4 Å². The predicted molar refractivity (Wildman–Crippen MR) is 96.7 cm³/mol. The lowest BCUT2D eigenvalue weighted by Crippen LogP contribution is -2.13. The summed E-state index contributed by atoms with van der Waals surface area (Å²) in [6.45, 7) is 2.37. The first-order valence-electron chi connectivity index (χ1n) is 9.43. The van der Waals surface area contributed by atoms with Gasteiger partial charge in [0.2, 0.25) is 5.82 Å². The van der Waals surface area contributed by atoms with Crippen LogP contribution in [0.5, 0.6) is 5.75 Å². The van der Waals surface area contributed by atoms with E-state index >= 15 is 0 Å². The van der Waals surface area contributed by atoms with Gasteiger partial charge >= 0.3 is 0 Å². The van der Waals surface area contributed by atoms with Crippen LogP contribution in [-0.4, -0.2) is 0 Å². The molecule has 0 atom stereocenters. The summed E-state index contributed by atoms with van der Waals surface area (Å²) in [5.41, 5.74) is 2.21. The zero-order valence-corrected chi connectivity index (χ0v) is 15.1. The van der Waals surface area contributed by atoms with Gasteiger partial charge in [0.25, 0.3) is 0 Å². The average Bonchev–Trinajstić information content (AvgIpc) is 2.67. The molecular formula is C22H25F3O. The fourth-order valence-corrected chi connectivity index (χ4v) is 3.86. The standard InChI is InChI=1S/C22H25F3O/c1-2-3-15-4-8-17(9-5-15)18-10-6-16(7-11-18)14-26-20-13-12-19(23)21(24)22(20)25/h6-7,10-13,15,17H,2-5,8-9,14H2,1H3. The molecule has 0 aliphatic heterocycles. The molecule has 2 aromatic rings. The third kappa shape index (κ3) is 4.40. The van der Waals surface area contributed by atoms with E-state index in [0.29, 0.717) is 5.92 Å². The molecule has 0 spiro atoms. The highest BCUT2D eigenvalue weighted by atomic mass is 19.2. The van der Waals surface area contributed by atoms with Crippen LogP contribution in [0.15, 0.2) is 36.4 Å². The van der Waals surface area contributed by atoms with Gasteiger partial charge in [-0.25, -0.2) is 8.78 Å². The second-order valence-corrected chi connectivity index (χ2v) is 7.21. The van der Waals surface area contributed by atoms with Crippen molar-refractivity contribution in [3.63, 3.8) is 0 Å². The fraction of sp³-hybridized carbons (Fsp3) is 0.455. The number of hydrogen-bond donors (Lipinski definition) is 0. The molecule has 1 aliphatic carbocycles. The van der Waals surface area contributed by atoms with Crippen LogP contribution in [0.3, 0.4) is 0 Å². The number of rotatable bonds is 6. The Morgan fingerprint density at radius 1 is 0.885 bits per heavy atom. The Balaban J connectivity index is 1.56. The molecule has 1 fully saturated rings. The number of halogens is 3. The summed E-state index contributed by atoms with van der Waals surface area (Å²) < 4.78 is 45.1. The maximum atomic E-state index is 13.6. The van der Waals surface area contributed by atoms with Gasteiger partial charge in [0.15, 0.2) is 17.4 Å². The molecule has 1 nitrogen and oxygen atoms in total. The van der Waals surface area contributed by atoms with E-state index in [2.05, 4.69) is 19.1 Å². The van der Waals surface area contributed by atoms with Crippen molar-refractivity contribution in [1.82, 2.24) is 0 Å². The second-order valence-electron chi connectivity index (χ2n) is 7.21. The molecule has 0 saturated heterocycles. The van der Waals surface area contributed by atoms with Crippen molar-refractivity contribution in [3.8, 4) is 5.75 Å². The number of hydrogen-bond acceptors (Lipinski definition) is 1. The Bertz CT molecular complexity index is 719. The van der Waals surface area contributed by atoms with Gasteiger partial charge in [-0.2, -0.15) is 4.39 Å². The highest BCUT2D eigenvalue weighted by Gasteiger charge is 2.21. The highest BCUT2D eigenvalue weighted by molar-refractivity contribution is 5.28. The number of ether oxygens (including phenoxy) is 1. The lowest BCUT2D eigenvalue weighted by Gasteiger charge is -2.28. The van der Waals surface area contributed by atoms with Crippen LogP contribution in [0.1, 0.15) is 62.5 Å². The first-order chi connectivity index (χ1) is 12.6. The molecule has 0 heterocycles. The summed E-state index contributed by atoms with van der Waals surface area (Å²) in [6, 6.07) is 10.1. The summed E-state index contributed by atoms with van der Waals surface area (Å²) >= 11 is 0. The summed E-state index contributed by atoms with van der Waals surface area (Å²) in [5.74, 6) is -2.78. The van der Waals surface area contributed by atoms with Crippen molar-refractivity contribution >= 4 is 0 Å². The Morgan fingerprint density at radius 2 is 1.58 bits per heavy atom. The van der Waals surface area contributed by atoms with Crippen molar-refractivity contribution in [2.75, 3.05) is 0 Å². The molecule has 0 unspecified atom stereocenters. The number of benzene rings is 2. The van der Waals surface area contributed by atoms with Gasteiger partial charge in [0.05, 0.1) is 0 Å². The minimum Gasteiger partial charge on any atom is -0.486 e. The van der Waals surface area contributed by atoms with Crippen LogP contribution in [0.25, 0.3) is 0 Å². The molecule has 4 heteroatoms. The fourth-order valence-electron chi connectivity index (χ4n) is 3.86. The Labute approximate surface area is 153 Å². The SMILES string of the molecule is CCCC1CCC(c2ccc(COc3ccc(F)c(F)c3F)cc2)CC1. The molecule has 0 N–H and O–H groups in total. The summed E-state index contributed by atoms with van der Waals surface area (Å²) in [7, 11) is 0. The van der Waals surface area contributed by atoms with Crippen LogP contribution >= 0.6 is 0 Å². The van der Waals surface area contributed by atoms with E-state index in [1.165, 1.54) is 44.1 Å². The minimum absolute atomic E-state index is 0.117. The van der Waals surface area contributed by atoms with Crippen molar-refractivity contribution in [2.24, 2.45) is 5.92 Å². The zero-order chi connectivity index (χ0) is 18.5. The van der Waals surface area contributed by atoms with E-state index in [1.807, 2.05) is 12.1 Å². The van der Waals surface area contributed by atoms with E-state index in [1.54, 1.807) is 0 Å². The maximum absolute atomic E-state index is 13.6. The van der Waals surface area contributed by atoms with E-state index in [0.717, 1.165) is 23.6 Å². The van der Waals surface area contributed by atoms with Gasteiger partial charge in [0, 0.05) is 0 Å². The second kappa shape index (κ2) is 8.61. The topological polar surface area (TPSA) is 9.23 Å². The highest BCUT2D eigenvalue weighted by Crippen LogP contribution is 2.37. The Morgan fingerprint density at radius 3 is 2.23 bits per heavy atom. The molecule has 0 aromatic heterocycles. The van der Waals surface area contributed by atoms with Crippen LogP contribution in [-0.2, 0) is 6.61 Å². The molecule has 1 saturated carbocycles. The molecule has 0 radical (unpaired) electrons. The molecule has 1 aliphatic rings. The molecule has 0 amide bonds. The van der Waals surface area contributed by atoms with Gasteiger partial charge in [-0.3, -0.25) is 0 Å². The quantitative estimate of drug-likeness (QED) is 0.516. The lowest BCUT2D eigenvalue weighted by atomic mass is 9.77. The van der Waals surface area contributed by atoms with Crippen molar-refractivity contribution in [1.29, 1.82) is 0 Å². The monoisotopic (exact) mass is 362 g/mol. The van der Waals surface area contributed by atoms with Gasteiger partial charge < -0.3 is 4.74 Å². The smallest absolute Gasteiger partial charge is 0.203 e. The van der Waals surface area contributed by atoms with Crippen molar-refractivity contribution in [3.05, 3.63) is 65.0 Å². The van der Waals surface area contributed by atoms with Gasteiger partial charge in [0.1, 0.15) is 6.61 Å². The molecule has 26 heavy (non-hydrogen) atoms. The summed E-state index contributed by atoms with van der Waals surface area (Å²) in [4.78, 5) is 0. The largest absolute Gasteiger partial charge is 0.486 e. The molecule has 3 rings (SSSR count). The first-order valence-corrected chi connectivity index (χ1v) is 9.43. The van der Waals surface area contributed by atoms with E-state index < -0.39 is 17.5 Å². The molecule has 0 bridgehead atoms. The summed E-state index contributed by atoms with van der Waals surface area (Å²) in [5, 5.41) is 0. The maximum Gasteiger partial charge on any atom is 0.203 e. The van der Waals surface area contributed by atoms with E-state index in [4.69, 9.17) is 4.74 Å². The van der Waals surface area contributed by atoms with Crippen LogP contribution < -0.4 is 4.74 Å². The third-order valence-corrected chi connectivity index (χ3v) is 5.39. The Kier molecular flexibility index (Phi) is 6.23. The first kappa shape index (κ1) is 18.8. The van der Waals surface area contributed by atoms with E-state index in [9.17, 15) is 13.2 Å². The predicted octanol–water partition coefficient (Wildman–Crippen LogP) is 6.76. The lowest BCUT2D eigenvalue weighted by molar-refractivity contribution is 0.281.